The first-order valence-corrected chi connectivity index (χ1v) is 7.87. The van der Waals surface area contributed by atoms with Crippen molar-refractivity contribution < 1.29 is 19.1 Å². The molecule has 1 atom stereocenters. The Labute approximate surface area is 150 Å². The zero-order chi connectivity index (χ0) is 18.6. The van der Waals surface area contributed by atoms with Gasteiger partial charge in [0, 0.05) is 11.3 Å². The fourth-order valence-corrected chi connectivity index (χ4v) is 2.85. The second-order valence-corrected chi connectivity index (χ2v) is 5.80. The summed E-state index contributed by atoms with van der Waals surface area (Å²) in [5, 5.41) is 6.48. The van der Waals surface area contributed by atoms with Crippen LogP contribution in [0.3, 0.4) is 0 Å². The zero-order valence-electron chi connectivity index (χ0n) is 14.1. The van der Waals surface area contributed by atoms with Crippen LogP contribution in [0.5, 0.6) is 11.5 Å². The molecule has 0 spiro atoms. The highest BCUT2D eigenvalue weighted by molar-refractivity contribution is 7.80. The van der Waals surface area contributed by atoms with Crippen LogP contribution in [0.4, 0.5) is 0 Å². The van der Waals surface area contributed by atoms with Crippen LogP contribution in [0.1, 0.15) is 25.5 Å². The van der Waals surface area contributed by atoms with E-state index in [2.05, 4.69) is 10.6 Å². The number of hydrazine groups is 1. The summed E-state index contributed by atoms with van der Waals surface area (Å²) in [5.41, 5.74) is 4.06. The van der Waals surface area contributed by atoms with E-state index in [1.807, 2.05) is 5.43 Å². The van der Waals surface area contributed by atoms with E-state index in [0.29, 0.717) is 27.9 Å². The van der Waals surface area contributed by atoms with Gasteiger partial charge in [-0.15, -0.1) is 0 Å². The van der Waals surface area contributed by atoms with E-state index in [4.69, 9.17) is 27.5 Å². The summed E-state index contributed by atoms with van der Waals surface area (Å²) in [6.07, 6.45) is 0. The molecule has 9 heteroatoms. The van der Waals surface area contributed by atoms with Crippen LogP contribution in [0, 0.1) is 0 Å². The Morgan fingerprint density at radius 3 is 2.68 bits per heavy atom. The molecule has 5 N–H and O–H groups in total. The van der Waals surface area contributed by atoms with Crippen LogP contribution in [-0.4, -0.2) is 30.5 Å². The third kappa shape index (κ3) is 4.25. The Morgan fingerprint density at radius 1 is 1.36 bits per heavy atom. The van der Waals surface area contributed by atoms with Crippen molar-refractivity contribution in [2.45, 2.75) is 19.9 Å². The monoisotopic (exact) mass is 364 g/mol. The lowest BCUT2D eigenvalue weighted by atomic mass is 9.93. The summed E-state index contributed by atoms with van der Waals surface area (Å²) in [4.78, 5) is 23.3. The molecule has 1 aromatic carbocycles. The quantitative estimate of drug-likeness (QED) is 0.249. The summed E-state index contributed by atoms with van der Waals surface area (Å²) in [7, 11) is 1.49. The van der Waals surface area contributed by atoms with Gasteiger partial charge in [0.05, 0.1) is 13.2 Å². The van der Waals surface area contributed by atoms with Crippen molar-refractivity contribution in [2.75, 3.05) is 13.7 Å². The Bertz CT molecular complexity index is 748. The van der Waals surface area contributed by atoms with Gasteiger partial charge in [0.1, 0.15) is 0 Å². The first-order chi connectivity index (χ1) is 11.9. The Morgan fingerprint density at radius 2 is 2.08 bits per heavy atom. The topological polar surface area (TPSA) is 115 Å². The van der Waals surface area contributed by atoms with Crippen LogP contribution in [0.2, 0.25) is 0 Å². The highest BCUT2D eigenvalue weighted by atomic mass is 32.1. The van der Waals surface area contributed by atoms with Crippen molar-refractivity contribution in [3.05, 3.63) is 35.0 Å². The number of benzene rings is 1. The molecule has 25 heavy (non-hydrogen) atoms. The molecule has 0 aliphatic carbocycles. The van der Waals surface area contributed by atoms with Gasteiger partial charge in [-0.05, 0) is 43.8 Å². The van der Waals surface area contributed by atoms with E-state index in [1.54, 1.807) is 25.1 Å². The molecule has 1 aromatic rings. The molecule has 0 saturated carbocycles. The van der Waals surface area contributed by atoms with Crippen molar-refractivity contribution in [3.63, 3.8) is 0 Å². The molecule has 0 radical (unpaired) electrons. The third-order valence-corrected chi connectivity index (χ3v) is 3.91. The molecule has 1 amide bonds. The van der Waals surface area contributed by atoms with Crippen LogP contribution in [0.25, 0.3) is 0 Å². The summed E-state index contributed by atoms with van der Waals surface area (Å²) >= 11 is 5.19. The molecule has 0 fully saturated rings. The van der Waals surface area contributed by atoms with Crippen LogP contribution < -0.4 is 31.4 Å². The molecule has 2 rings (SSSR count). The normalized spacial score (nSPS) is 16.6. The van der Waals surface area contributed by atoms with Crippen molar-refractivity contribution in [1.29, 1.82) is 0 Å². The minimum Gasteiger partial charge on any atom is -0.493 e. The SMILES string of the molecule is COc1cc([C@H]2NC(=S)NC(C)=C2C(C)=O)ccc1OCC(=O)NN. The minimum absolute atomic E-state index is 0.0658. The Balaban J connectivity index is 2.35. The molecule has 0 aromatic heterocycles. The van der Waals surface area contributed by atoms with E-state index in [1.165, 1.54) is 14.0 Å². The first kappa shape index (κ1) is 18.7. The third-order valence-electron chi connectivity index (χ3n) is 3.69. The summed E-state index contributed by atoms with van der Waals surface area (Å²) < 4.78 is 10.7. The highest BCUT2D eigenvalue weighted by Crippen LogP contribution is 2.34. The van der Waals surface area contributed by atoms with Gasteiger partial charge in [-0.25, -0.2) is 5.84 Å². The maximum atomic E-state index is 12.0. The number of hydrogen-bond acceptors (Lipinski definition) is 6. The maximum absolute atomic E-state index is 12.0. The number of amides is 1. The van der Waals surface area contributed by atoms with E-state index < -0.39 is 11.9 Å². The molecule has 8 nitrogen and oxygen atoms in total. The van der Waals surface area contributed by atoms with Crippen LogP contribution in [-0.2, 0) is 9.59 Å². The lowest BCUT2D eigenvalue weighted by Crippen LogP contribution is -2.44. The highest BCUT2D eigenvalue weighted by Gasteiger charge is 2.28. The zero-order valence-corrected chi connectivity index (χ0v) is 15.0. The molecule has 1 aliphatic rings. The molecule has 0 saturated heterocycles. The number of hydrogen-bond donors (Lipinski definition) is 4. The van der Waals surface area contributed by atoms with Gasteiger partial charge in [0.2, 0.25) is 0 Å². The summed E-state index contributed by atoms with van der Waals surface area (Å²) in [6.45, 7) is 3.07. The lowest BCUT2D eigenvalue weighted by Gasteiger charge is -2.30. The fraction of sp³-hybridized carbons (Fsp3) is 0.312. The number of nitrogens with two attached hydrogens (primary N) is 1. The van der Waals surface area contributed by atoms with Gasteiger partial charge in [0.25, 0.3) is 5.91 Å². The largest absolute Gasteiger partial charge is 0.493 e. The summed E-state index contributed by atoms with van der Waals surface area (Å²) in [6, 6.07) is 4.77. The lowest BCUT2D eigenvalue weighted by molar-refractivity contribution is -0.123. The van der Waals surface area contributed by atoms with E-state index >= 15 is 0 Å². The van der Waals surface area contributed by atoms with E-state index in [0.717, 1.165) is 5.56 Å². The number of thiocarbonyl (C=S) groups is 1. The van der Waals surface area contributed by atoms with Gasteiger partial charge in [-0.1, -0.05) is 6.07 Å². The second kappa shape index (κ2) is 7.95. The average Bonchev–Trinajstić information content (AvgIpc) is 2.58. The van der Waals surface area contributed by atoms with Crippen molar-refractivity contribution in [1.82, 2.24) is 16.1 Å². The van der Waals surface area contributed by atoms with Gasteiger partial charge in [-0.2, -0.15) is 0 Å². The summed E-state index contributed by atoms with van der Waals surface area (Å²) in [5.74, 6) is 5.30. The van der Waals surface area contributed by atoms with E-state index in [-0.39, 0.29) is 12.4 Å². The van der Waals surface area contributed by atoms with Gasteiger partial charge in [0.15, 0.2) is 29.0 Å². The van der Waals surface area contributed by atoms with Gasteiger partial charge in [-0.3, -0.25) is 15.0 Å². The molecule has 1 heterocycles. The number of allylic oxidation sites excluding steroid dienone is 1. The predicted molar refractivity (Wildman–Crippen MR) is 95.8 cm³/mol. The number of ether oxygens (including phenoxy) is 2. The number of ketones is 1. The molecular weight excluding hydrogens is 344 g/mol. The maximum Gasteiger partial charge on any atom is 0.271 e. The number of rotatable bonds is 6. The molecule has 0 unspecified atom stereocenters. The smallest absolute Gasteiger partial charge is 0.271 e. The first-order valence-electron chi connectivity index (χ1n) is 7.46. The van der Waals surface area contributed by atoms with Crippen LogP contribution in [0.15, 0.2) is 29.5 Å². The number of carbonyl (C=O) groups is 2. The Kier molecular flexibility index (Phi) is 5.94. The van der Waals surface area contributed by atoms with Crippen molar-refractivity contribution in [2.24, 2.45) is 5.84 Å². The fourth-order valence-electron chi connectivity index (χ4n) is 2.58. The van der Waals surface area contributed by atoms with Crippen molar-refractivity contribution in [3.8, 4) is 11.5 Å². The second-order valence-electron chi connectivity index (χ2n) is 5.39. The number of carbonyl (C=O) groups excluding carboxylic acids is 2. The molecule has 0 bridgehead atoms. The average molecular weight is 364 g/mol. The molecular formula is C16H20N4O4S. The van der Waals surface area contributed by atoms with Crippen LogP contribution >= 0.6 is 12.2 Å². The minimum atomic E-state index is -0.464. The van der Waals surface area contributed by atoms with E-state index in [9.17, 15) is 9.59 Å². The Hall–Kier alpha value is -2.65. The van der Waals surface area contributed by atoms with Gasteiger partial charge >= 0.3 is 0 Å². The number of nitrogens with one attached hydrogen (secondary N) is 3. The van der Waals surface area contributed by atoms with Crippen molar-refractivity contribution >= 4 is 29.0 Å². The standard InChI is InChI=1S/C16H20N4O4S/c1-8-14(9(2)21)15(19-16(25)18-8)10-4-5-11(12(6-10)23-3)24-7-13(22)20-17/h4-6,15H,7,17H2,1-3H3,(H,20,22)(H2,18,19,25)/t15-/m1/s1. The number of methoxy groups -OCH3 is 1. The predicted octanol–water partition coefficient (Wildman–Crippen LogP) is 0.446. The number of Topliss-reactive ketones (excluding diaryl/α,β-unsaturated/α-hetero) is 1. The molecule has 1 aliphatic heterocycles. The molecule has 134 valence electrons. The van der Waals surface area contributed by atoms with Gasteiger partial charge < -0.3 is 20.1 Å².